The van der Waals surface area contributed by atoms with E-state index in [1.54, 1.807) is 0 Å². The summed E-state index contributed by atoms with van der Waals surface area (Å²) in [5.41, 5.74) is 3.76. The fraction of sp³-hybridized carbons (Fsp3) is 0.333. The Hall–Kier alpha value is -3.48. The maximum atomic E-state index is 12.4. The number of rotatable bonds is 6. The van der Waals surface area contributed by atoms with Crippen LogP contribution in [0.1, 0.15) is 37.1 Å². The topological polar surface area (TPSA) is 75.4 Å². The molecule has 5 rings (SSSR count). The zero-order valence-electron chi connectivity index (χ0n) is 17.5. The monoisotopic (exact) mass is 414 g/mol. The number of hydrogen-bond donors (Lipinski definition) is 1. The van der Waals surface area contributed by atoms with E-state index in [2.05, 4.69) is 24.8 Å². The van der Waals surface area contributed by atoms with Crippen molar-refractivity contribution in [1.82, 2.24) is 24.9 Å². The van der Waals surface area contributed by atoms with Gasteiger partial charge in [0, 0.05) is 32.5 Å². The first-order chi connectivity index (χ1) is 15.3. The van der Waals surface area contributed by atoms with Crippen molar-refractivity contribution in [3.63, 3.8) is 0 Å². The third-order valence-electron chi connectivity index (χ3n) is 5.84. The zero-order chi connectivity index (χ0) is 21.0. The van der Waals surface area contributed by atoms with Gasteiger partial charge in [-0.25, -0.2) is 4.98 Å². The van der Waals surface area contributed by atoms with Crippen molar-refractivity contribution in [3.8, 4) is 0 Å². The molecule has 0 atom stereocenters. The first-order valence-electron chi connectivity index (χ1n) is 11.0. The van der Waals surface area contributed by atoms with E-state index in [1.165, 1.54) is 19.3 Å². The minimum absolute atomic E-state index is 0.00946. The predicted molar refractivity (Wildman–Crippen MR) is 121 cm³/mol. The van der Waals surface area contributed by atoms with Crippen LogP contribution in [-0.2, 0) is 17.8 Å². The maximum Gasteiger partial charge on any atom is 0.220 e. The Kier molecular flexibility index (Phi) is 5.48. The van der Waals surface area contributed by atoms with Crippen LogP contribution in [0.25, 0.3) is 16.7 Å². The summed E-state index contributed by atoms with van der Waals surface area (Å²) in [7, 11) is 0. The SMILES string of the molecule is O=C(CCc1nnc2c(N3CCCCC3)nc3ccccc3n12)NCc1ccccc1. The van der Waals surface area contributed by atoms with Gasteiger partial charge < -0.3 is 10.2 Å². The van der Waals surface area contributed by atoms with E-state index in [9.17, 15) is 4.79 Å². The van der Waals surface area contributed by atoms with Gasteiger partial charge >= 0.3 is 0 Å². The molecule has 31 heavy (non-hydrogen) atoms. The van der Waals surface area contributed by atoms with Crippen LogP contribution in [0.15, 0.2) is 54.6 Å². The van der Waals surface area contributed by atoms with Crippen molar-refractivity contribution in [2.45, 2.75) is 38.6 Å². The predicted octanol–water partition coefficient (Wildman–Crippen LogP) is 3.52. The number of nitrogens with zero attached hydrogens (tertiary/aromatic N) is 5. The molecule has 0 aliphatic carbocycles. The molecule has 1 fully saturated rings. The molecule has 7 heteroatoms. The molecule has 0 saturated carbocycles. The van der Waals surface area contributed by atoms with E-state index < -0.39 is 0 Å². The number of carbonyl (C=O) groups excluding carboxylic acids is 1. The summed E-state index contributed by atoms with van der Waals surface area (Å²) in [5, 5.41) is 11.9. The lowest BCUT2D eigenvalue weighted by Crippen LogP contribution is -2.30. The second-order valence-electron chi connectivity index (χ2n) is 8.01. The summed E-state index contributed by atoms with van der Waals surface area (Å²) in [6, 6.07) is 18.0. The average Bonchev–Trinajstić information content (AvgIpc) is 3.26. The molecule has 0 spiro atoms. The Morgan fingerprint density at radius 1 is 0.935 bits per heavy atom. The molecule has 2 aromatic carbocycles. The summed E-state index contributed by atoms with van der Waals surface area (Å²) < 4.78 is 2.08. The third kappa shape index (κ3) is 4.08. The standard InChI is InChI=1S/C24H26N6O/c31-22(25-17-18-9-3-1-4-10-18)14-13-21-27-28-24-23(29-15-7-2-8-16-29)26-19-11-5-6-12-20(19)30(21)24/h1,3-6,9-12H,2,7-8,13-17H2,(H,25,31). The molecule has 1 amide bonds. The molecule has 7 nitrogen and oxygen atoms in total. The number of anilines is 1. The Morgan fingerprint density at radius 3 is 2.55 bits per heavy atom. The van der Waals surface area contributed by atoms with Crippen LogP contribution in [0.2, 0.25) is 0 Å². The number of benzene rings is 2. The minimum Gasteiger partial charge on any atom is -0.353 e. The van der Waals surface area contributed by atoms with Gasteiger partial charge in [0.2, 0.25) is 11.6 Å². The van der Waals surface area contributed by atoms with Crippen LogP contribution < -0.4 is 10.2 Å². The highest BCUT2D eigenvalue weighted by atomic mass is 16.1. The van der Waals surface area contributed by atoms with E-state index in [-0.39, 0.29) is 5.91 Å². The van der Waals surface area contributed by atoms with Gasteiger partial charge in [-0.2, -0.15) is 0 Å². The number of aryl methyl sites for hydroxylation is 1. The lowest BCUT2D eigenvalue weighted by Gasteiger charge is -2.28. The molecule has 3 heterocycles. The highest BCUT2D eigenvalue weighted by molar-refractivity contribution is 5.83. The van der Waals surface area contributed by atoms with Crippen LogP contribution in [0, 0.1) is 0 Å². The zero-order valence-corrected chi connectivity index (χ0v) is 17.5. The van der Waals surface area contributed by atoms with Crippen LogP contribution >= 0.6 is 0 Å². The van der Waals surface area contributed by atoms with Gasteiger partial charge in [0.15, 0.2) is 5.82 Å². The van der Waals surface area contributed by atoms with Gasteiger partial charge in [-0.05, 0) is 37.0 Å². The highest BCUT2D eigenvalue weighted by Crippen LogP contribution is 2.27. The Morgan fingerprint density at radius 2 is 1.71 bits per heavy atom. The number of fused-ring (bicyclic) bond motifs is 3. The molecule has 1 aliphatic heterocycles. The maximum absolute atomic E-state index is 12.4. The summed E-state index contributed by atoms with van der Waals surface area (Å²) in [4.78, 5) is 19.7. The van der Waals surface area contributed by atoms with Gasteiger partial charge in [-0.15, -0.1) is 10.2 Å². The summed E-state index contributed by atoms with van der Waals surface area (Å²) >= 11 is 0. The van der Waals surface area contributed by atoms with Crippen molar-refractivity contribution in [3.05, 3.63) is 66.0 Å². The molecule has 1 N–H and O–H groups in total. The number of aromatic nitrogens is 4. The van der Waals surface area contributed by atoms with Crippen LogP contribution in [-0.4, -0.2) is 38.6 Å². The van der Waals surface area contributed by atoms with Gasteiger partial charge in [-0.1, -0.05) is 42.5 Å². The second-order valence-corrected chi connectivity index (χ2v) is 8.01. The molecule has 1 aliphatic rings. The van der Waals surface area contributed by atoms with Crippen molar-refractivity contribution in [1.29, 1.82) is 0 Å². The normalized spacial score (nSPS) is 14.3. The van der Waals surface area contributed by atoms with Crippen LogP contribution in [0.5, 0.6) is 0 Å². The molecule has 0 radical (unpaired) electrons. The van der Waals surface area contributed by atoms with E-state index in [1.807, 2.05) is 54.6 Å². The number of amides is 1. The fourth-order valence-electron chi connectivity index (χ4n) is 4.22. The Bertz CT molecular complexity index is 1200. The number of piperidine rings is 1. The Labute approximate surface area is 181 Å². The fourth-order valence-corrected chi connectivity index (χ4v) is 4.22. The largest absolute Gasteiger partial charge is 0.353 e. The third-order valence-corrected chi connectivity index (χ3v) is 5.84. The van der Waals surface area contributed by atoms with E-state index >= 15 is 0 Å². The molecule has 0 unspecified atom stereocenters. The number of nitrogens with one attached hydrogen (secondary N) is 1. The average molecular weight is 415 g/mol. The summed E-state index contributed by atoms with van der Waals surface area (Å²) in [6.07, 6.45) is 4.49. The van der Waals surface area contributed by atoms with Crippen LogP contribution in [0.3, 0.4) is 0 Å². The number of hydrogen-bond acceptors (Lipinski definition) is 5. The minimum atomic E-state index is 0.00946. The smallest absolute Gasteiger partial charge is 0.220 e. The molecule has 2 aromatic heterocycles. The van der Waals surface area contributed by atoms with E-state index in [0.717, 1.165) is 47.0 Å². The Balaban J connectivity index is 1.40. The highest BCUT2D eigenvalue weighted by Gasteiger charge is 2.21. The van der Waals surface area contributed by atoms with E-state index in [0.29, 0.717) is 19.4 Å². The first kappa shape index (κ1) is 19.5. The number of carbonyl (C=O) groups is 1. The summed E-state index contributed by atoms with van der Waals surface area (Å²) in [5.74, 6) is 1.70. The van der Waals surface area contributed by atoms with Gasteiger partial charge in [-0.3, -0.25) is 9.20 Å². The lowest BCUT2D eigenvalue weighted by molar-refractivity contribution is -0.121. The van der Waals surface area contributed by atoms with Gasteiger partial charge in [0.1, 0.15) is 5.82 Å². The molecular formula is C24H26N6O. The molecule has 4 aromatic rings. The van der Waals surface area contributed by atoms with E-state index in [4.69, 9.17) is 4.98 Å². The quantitative estimate of drug-likeness (QED) is 0.523. The van der Waals surface area contributed by atoms with Crippen molar-refractivity contribution < 1.29 is 4.79 Å². The lowest BCUT2D eigenvalue weighted by atomic mass is 10.1. The molecular weight excluding hydrogens is 388 g/mol. The molecule has 0 bridgehead atoms. The number of para-hydroxylation sites is 2. The second kappa shape index (κ2) is 8.71. The first-order valence-corrected chi connectivity index (χ1v) is 11.0. The van der Waals surface area contributed by atoms with Crippen molar-refractivity contribution >= 4 is 28.4 Å². The molecule has 158 valence electrons. The van der Waals surface area contributed by atoms with Gasteiger partial charge in [0.25, 0.3) is 0 Å². The van der Waals surface area contributed by atoms with Gasteiger partial charge in [0.05, 0.1) is 11.0 Å². The summed E-state index contributed by atoms with van der Waals surface area (Å²) in [6.45, 7) is 2.52. The molecule has 1 saturated heterocycles. The van der Waals surface area contributed by atoms with Crippen molar-refractivity contribution in [2.24, 2.45) is 0 Å². The van der Waals surface area contributed by atoms with Crippen LogP contribution in [0.4, 0.5) is 5.82 Å². The van der Waals surface area contributed by atoms with Crippen molar-refractivity contribution in [2.75, 3.05) is 18.0 Å².